The van der Waals surface area contributed by atoms with E-state index in [1.165, 1.54) is 6.07 Å². The molecule has 0 aliphatic heterocycles. The highest BCUT2D eigenvalue weighted by Gasteiger charge is 2.35. The van der Waals surface area contributed by atoms with Crippen LogP contribution in [0, 0.1) is 0 Å². The predicted molar refractivity (Wildman–Crippen MR) is 85.1 cm³/mol. The summed E-state index contributed by atoms with van der Waals surface area (Å²) in [5, 5.41) is 0.418. The van der Waals surface area contributed by atoms with E-state index in [4.69, 9.17) is 0 Å². The molecular weight excluding hydrogens is 345 g/mol. The molecule has 2 nitrogen and oxygen atoms in total. The maximum Gasteiger partial charge on any atom is 0.418 e. The Morgan fingerprint density at radius 3 is 2.24 bits per heavy atom. The molecule has 1 aromatic rings. The minimum Gasteiger partial charge on any atom is -0.370 e. The Labute approximate surface area is 133 Å². The molecule has 0 saturated carbocycles. The Balaban J connectivity index is 3.16. The number of anilines is 1. The first-order valence-corrected chi connectivity index (χ1v) is 8.07. The summed E-state index contributed by atoms with van der Waals surface area (Å²) in [6.07, 6.45) is -3.53. The van der Waals surface area contributed by atoms with E-state index in [1.54, 1.807) is 12.1 Å². The number of alkyl halides is 4. The van der Waals surface area contributed by atoms with Gasteiger partial charge in [-0.3, -0.25) is 0 Å². The van der Waals surface area contributed by atoms with Crippen molar-refractivity contribution < 1.29 is 13.2 Å². The topological polar surface area (TPSA) is 6.48 Å². The van der Waals surface area contributed by atoms with Gasteiger partial charge in [0.25, 0.3) is 0 Å². The lowest BCUT2D eigenvalue weighted by Gasteiger charge is -2.29. The van der Waals surface area contributed by atoms with Gasteiger partial charge in [-0.1, -0.05) is 28.9 Å². The van der Waals surface area contributed by atoms with Crippen molar-refractivity contribution in [1.82, 2.24) is 4.90 Å². The van der Waals surface area contributed by atoms with Crippen molar-refractivity contribution in [1.29, 1.82) is 0 Å². The highest BCUT2D eigenvalue weighted by Crippen LogP contribution is 2.37. The van der Waals surface area contributed by atoms with Crippen molar-refractivity contribution in [3.63, 3.8) is 0 Å². The van der Waals surface area contributed by atoms with Crippen LogP contribution in [-0.4, -0.2) is 38.6 Å². The molecule has 0 heterocycles. The van der Waals surface area contributed by atoms with Crippen molar-refractivity contribution in [3.05, 3.63) is 29.3 Å². The molecule has 0 aliphatic carbocycles. The Morgan fingerprint density at radius 2 is 1.76 bits per heavy atom. The molecule has 120 valence electrons. The van der Waals surface area contributed by atoms with Gasteiger partial charge in [0.1, 0.15) is 0 Å². The van der Waals surface area contributed by atoms with Crippen LogP contribution >= 0.6 is 15.9 Å². The zero-order chi connectivity index (χ0) is 16.0. The van der Waals surface area contributed by atoms with Crippen molar-refractivity contribution in [2.45, 2.75) is 24.9 Å². The van der Waals surface area contributed by atoms with Crippen LogP contribution in [0.4, 0.5) is 18.9 Å². The van der Waals surface area contributed by atoms with Gasteiger partial charge >= 0.3 is 6.18 Å². The van der Waals surface area contributed by atoms with Gasteiger partial charge in [0.05, 0.1) is 5.56 Å². The number of halogens is 4. The molecule has 0 amide bonds. The number of nitrogens with zero attached hydrogens (tertiary/aromatic N) is 2. The quantitative estimate of drug-likeness (QED) is 0.660. The van der Waals surface area contributed by atoms with E-state index in [1.807, 2.05) is 30.8 Å². The normalized spacial score (nSPS) is 12.0. The number of benzene rings is 1. The van der Waals surface area contributed by atoms with Crippen molar-refractivity contribution in [2.75, 3.05) is 38.6 Å². The van der Waals surface area contributed by atoms with Crippen LogP contribution in [0.25, 0.3) is 0 Å². The molecule has 1 aromatic carbocycles. The molecule has 0 aromatic heterocycles. The molecule has 6 heteroatoms. The fourth-order valence-electron chi connectivity index (χ4n) is 2.11. The van der Waals surface area contributed by atoms with E-state index < -0.39 is 11.7 Å². The highest BCUT2D eigenvalue weighted by molar-refractivity contribution is 9.08. The third-order valence-corrected chi connectivity index (χ3v) is 3.82. The monoisotopic (exact) mass is 366 g/mol. The SMILES string of the molecule is CCCN(CCN(C)C)c1ccc(CBr)cc1C(F)(F)F. The van der Waals surface area contributed by atoms with Gasteiger partial charge in [-0.15, -0.1) is 0 Å². The van der Waals surface area contributed by atoms with E-state index in [0.29, 0.717) is 24.0 Å². The highest BCUT2D eigenvalue weighted by atomic mass is 79.9. The standard InChI is InChI=1S/C15H22BrF3N2/c1-4-7-21(9-8-20(2)3)14-6-5-12(11-16)10-13(14)15(17,18)19/h5-6,10H,4,7-9,11H2,1-3H3. The molecule has 0 radical (unpaired) electrons. The molecular formula is C15H22BrF3N2. The molecule has 1 rings (SSSR count). The number of rotatable bonds is 7. The van der Waals surface area contributed by atoms with Crippen LogP contribution in [0.5, 0.6) is 0 Å². The minimum atomic E-state index is -4.34. The Morgan fingerprint density at radius 1 is 1.10 bits per heavy atom. The first-order valence-electron chi connectivity index (χ1n) is 6.95. The van der Waals surface area contributed by atoms with Crippen molar-refractivity contribution in [2.24, 2.45) is 0 Å². The smallest absolute Gasteiger partial charge is 0.370 e. The molecule has 0 fully saturated rings. The second-order valence-electron chi connectivity index (χ2n) is 5.27. The van der Waals surface area contributed by atoms with E-state index in [0.717, 1.165) is 13.0 Å². The van der Waals surface area contributed by atoms with Crippen LogP contribution in [0.3, 0.4) is 0 Å². The average molecular weight is 367 g/mol. The molecule has 0 atom stereocenters. The van der Waals surface area contributed by atoms with Crippen LogP contribution in [0.15, 0.2) is 18.2 Å². The third kappa shape index (κ3) is 5.51. The van der Waals surface area contributed by atoms with Gasteiger partial charge in [0.15, 0.2) is 0 Å². The van der Waals surface area contributed by atoms with Gasteiger partial charge in [-0.2, -0.15) is 13.2 Å². The van der Waals surface area contributed by atoms with Gasteiger partial charge in [0, 0.05) is 30.7 Å². The molecule has 0 aliphatic rings. The van der Waals surface area contributed by atoms with Gasteiger partial charge < -0.3 is 9.80 Å². The fourth-order valence-corrected chi connectivity index (χ4v) is 2.46. The molecule has 0 spiro atoms. The lowest BCUT2D eigenvalue weighted by atomic mass is 10.1. The summed E-state index contributed by atoms with van der Waals surface area (Å²) in [7, 11) is 3.84. The average Bonchev–Trinajstić information content (AvgIpc) is 2.41. The summed E-state index contributed by atoms with van der Waals surface area (Å²) in [6, 6.07) is 4.57. The second kappa shape index (κ2) is 8.03. The van der Waals surface area contributed by atoms with Crippen molar-refractivity contribution >= 4 is 21.6 Å². The summed E-state index contributed by atoms with van der Waals surface area (Å²) >= 11 is 3.21. The molecule has 0 unspecified atom stereocenters. The van der Waals surface area contributed by atoms with E-state index in [9.17, 15) is 13.2 Å². The van der Waals surface area contributed by atoms with Crippen LogP contribution in [-0.2, 0) is 11.5 Å². The summed E-state index contributed by atoms with van der Waals surface area (Å²) in [5.74, 6) is 0. The maximum atomic E-state index is 13.3. The van der Waals surface area contributed by atoms with E-state index in [2.05, 4.69) is 15.9 Å². The molecule has 0 N–H and O–H groups in total. The molecule has 0 saturated heterocycles. The van der Waals surface area contributed by atoms with Crippen LogP contribution < -0.4 is 4.90 Å². The largest absolute Gasteiger partial charge is 0.418 e. The first-order chi connectivity index (χ1) is 9.79. The lowest BCUT2D eigenvalue weighted by Crippen LogP contribution is -2.33. The Kier molecular flexibility index (Phi) is 7.00. The summed E-state index contributed by atoms with van der Waals surface area (Å²) < 4.78 is 39.9. The zero-order valence-electron chi connectivity index (χ0n) is 12.7. The van der Waals surface area contributed by atoms with Gasteiger partial charge in [-0.25, -0.2) is 0 Å². The Hall–Kier alpha value is -0.750. The number of hydrogen-bond acceptors (Lipinski definition) is 2. The van der Waals surface area contributed by atoms with Gasteiger partial charge in [-0.05, 0) is 38.2 Å². The molecule has 21 heavy (non-hydrogen) atoms. The lowest BCUT2D eigenvalue weighted by molar-refractivity contribution is -0.137. The summed E-state index contributed by atoms with van der Waals surface area (Å²) in [4.78, 5) is 3.80. The zero-order valence-corrected chi connectivity index (χ0v) is 14.3. The first kappa shape index (κ1) is 18.3. The van der Waals surface area contributed by atoms with Crippen LogP contribution in [0.2, 0.25) is 0 Å². The molecule has 0 bridgehead atoms. The second-order valence-corrected chi connectivity index (χ2v) is 5.83. The third-order valence-electron chi connectivity index (χ3n) is 3.17. The van der Waals surface area contributed by atoms with Crippen LogP contribution in [0.1, 0.15) is 24.5 Å². The minimum absolute atomic E-state index is 0.274. The fraction of sp³-hybridized carbons (Fsp3) is 0.600. The summed E-state index contributed by atoms with van der Waals surface area (Å²) in [6.45, 7) is 3.89. The van der Waals surface area contributed by atoms with Crippen molar-refractivity contribution in [3.8, 4) is 0 Å². The predicted octanol–water partition coefficient (Wildman–Crippen LogP) is 4.38. The summed E-state index contributed by atoms with van der Waals surface area (Å²) in [5.41, 5.74) is 0.359. The number of likely N-dealkylation sites (N-methyl/N-ethyl adjacent to an activating group) is 1. The van der Waals surface area contributed by atoms with E-state index >= 15 is 0 Å². The van der Waals surface area contributed by atoms with Gasteiger partial charge in [0.2, 0.25) is 0 Å². The number of hydrogen-bond donors (Lipinski definition) is 0. The maximum absolute atomic E-state index is 13.3. The Bertz CT molecular complexity index is 447. The van der Waals surface area contributed by atoms with E-state index in [-0.39, 0.29) is 5.69 Å².